The Kier molecular flexibility index (Phi) is 4.67. The molecule has 1 saturated heterocycles. The van der Waals surface area contributed by atoms with Gasteiger partial charge in [0.05, 0.1) is 23.0 Å². The lowest BCUT2D eigenvalue weighted by Crippen LogP contribution is -2.27. The molecule has 170 valence electrons. The van der Waals surface area contributed by atoms with E-state index in [2.05, 4.69) is 56.9 Å². The molecule has 4 aromatic rings. The van der Waals surface area contributed by atoms with E-state index in [1.54, 1.807) is 0 Å². The number of fused-ring (bicyclic) bond motifs is 3. The number of aryl methyl sites for hydroxylation is 2. The van der Waals surface area contributed by atoms with E-state index in [1.807, 2.05) is 26.1 Å². The lowest BCUT2D eigenvalue weighted by Gasteiger charge is -2.24. The first-order valence-corrected chi connectivity index (χ1v) is 11.7. The highest BCUT2D eigenvalue weighted by Crippen LogP contribution is 2.49. The maximum Gasteiger partial charge on any atom is 0.163 e. The Labute approximate surface area is 192 Å². The molecule has 2 fully saturated rings. The number of nitrogen functional groups attached to an aromatic ring is 1. The van der Waals surface area contributed by atoms with E-state index in [9.17, 15) is 0 Å². The summed E-state index contributed by atoms with van der Waals surface area (Å²) >= 11 is 0. The third kappa shape index (κ3) is 3.56. The van der Waals surface area contributed by atoms with Gasteiger partial charge in [-0.15, -0.1) is 0 Å². The molecule has 4 heterocycles. The van der Waals surface area contributed by atoms with Gasteiger partial charge in [-0.25, -0.2) is 9.97 Å². The Balaban J connectivity index is 1.27. The highest BCUT2D eigenvalue weighted by Gasteiger charge is 2.54. The number of benzene rings is 1. The number of aromatic nitrogens is 4. The van der Waals surface area contributed by atoms with Crippen molar-refractivity contribution in [1.29, 1.82) is 0 Å². The smallest absolute Gasteiger partial charge is 0.163 e. The van der Waals surface area contributed by atoms with Crippen molar-refractivity contribution in [2.24, 2.45) is 5.92 Å². The number of hydrogen-bond acceptors (Lipinski definition) is 6. The van der Waals surface area contributed by atoms with Crippen LogP contribution in [0.15, 0.2) is 49.1 Å². The summed E-state index contributed by atoms with van der Waals surface area (Å²) in [5.41, 5.74) is 10.5. The first-order valence-electron chi connectivity index (χ1n) is 11.7. The van der Waals surface area contributed by atoms with Crippen LogP contribution in [0, 0.1) is 12.8 Å². The minimum Gasteiger partial charge on any atom is -0.383 e. The van der Waals surface area contributed by atoms with Crippen LogP contribution in [0.25, 0.3) is 21.9 Å². The molecule has 1 saturated carbocycles. The molecule has 0 bridgehead atoms. The summed E-state index contributed by atoms with van der Waals surface area (Å²) in [5.74, 6) is 0.308. The molecule has 1 aliphatic carbocycles. The van der Waals surface area contributed by atoms with Gasteiger partial charge in [-0.05, 0) is 75.3 Å². The predicted molar refractivity (Wildman–Crippen MR) is 128 cm³/mol. The Hall–Kier alpha value is -3.03. The van der Waals surface area contributed by atoms with E-state index in [4.69, 9.17) is 15.2 Å². The molecule has 0 spiro atoms. The zero-order valence-electron chi connectivity index (χ0n) is 19.2. The molecule has 0 amide bonds. The fraction of sp³-hybridized carbons (Fsp3) is 0.423. The van der Waals surface area contributed by atoms with Crippen LogP contribution in [0.4, 0.5) is 5.82 Å². The second-order valence-corrected chi connectivity index (χ2v) is 9.93. The van der Waals surface area contributed by atoms with Crippen molar-refractivity contribution < 1.29 is 9.47 Å². The van der Waals surface area contributed by atoms with Crippen molar-refractivity contribution in [2.45, 2.75) is 64.1 Å². The predicted octanol–water partition coefficient (Wildman–Crippen LogP) is 4.58. The molecule has 6 rings (SSSR count). The molecule has 4 atom stereocenters. The summed E-state index contributed by atoms with van der Waals surface area (Å²) < 4.78 is 15.0. The van der Waals surface area contributed by atoms with Gasteiger partial charge in [0.25, 0.3) is 0 Å². The molecule has 2 N–H and O–H groups in total. The maximum absolute atomic E-state index is 6.42. The molecule has 7 nitrogen and oxygen atoms in total. The first-order chi connectivity index (χ1) is 15.9. The summed E-state index contributed by atoms with van der Waals surface area (Å²) in [6, 6.07) is 10.9. The Bertz CT molecular complexity index is 1350. The normalized spacial score (nSPS) is 26.3. The summed E-state index contributed by atoms with van der Waals surface area (Å²) in [6.07, 6.45) is 8.56. The number of rotatable bonds is 4. The van der Waals surface area contributed by atoms with Crippen molar-refractivity contribution in [3.63, 3.8) is 0 Å². The van der Waals surface area contributed by atoms with E-state index < -0.39 is 5.79 Å². The van der Waals surface area contributed by atoms with Crippen LogP contribution in [0.5, 0.6) is 0 Å². The Morgan fingerprint density at radius 2 is 1.94 bits per heavy atom. The lowest BCUT2D eigenvalue weighted by molar-refractivity contribution is -0.160. The molecule has 33 heavy (non-hydrogen) atoms. The van der Waals surface area contributed by atoms with E-state index in [-0.39, 0.29) is 18.2 Å². The van der Waals surface area contributed by atoms with E-state index in [0.717, 1.165) is 35.8 Å². The second kappa shape index (κ2) is 7.50. The molecular weight excluding hydrogens is 414 g/mol. The minimum absolute atomic E-state index is 0.0157. The number of pyridine rings is 1. The summed E-state index contributed by atoms with van der Waals surface area (Å²) in [7, 11) is 0. The fourth-order valence-corrected chi connectivity index (χ4v) is 5.65. The Morgan fingerprint density at radius 3 is 2.82 bits per heavy atom. The summed E-state index contributed by atoms with van der Waals surface area (Å²) in [6.45, 7) is 6.08. The van der Waals surface area contributed by atoms with Crippen molar-refractivity contribution >= 4 is 27.8 Å². The average molecular weight is 444 g/mol. The largest absolute Gasteiger partial charge is 0.383 e. The van der Waals surface area contributed by atoms with Crippen LogP contribution in [0.3, 0.4) is 0 Å². The monoisotopic (exact) mass is 443 g/mol. The van der Waals surface area contributed by atoms with Crippen molar-refractivity contribution in [1.82, 2.24) is 19.5 Å². The van der Waals surface area contributed by atoms with E-state index in [0.29, 0.717) is 11.7 Å². The third-order valence-corrected chi connectivity index (χ3v) is 7.14. The highest BCUT2D eigenvalue weighted by atomic mass is 16.8. The van der Waals surface area contributed by atoms with Crippen LogP contribution < -0.4 is 5.73 Å². The SMILES string of the molecule is Cc1cnc2cc(CC[C@H]3C[C@@H](n4ccc5c(N)ncnc54)[C@@H]4OC(C)(C)O[C@H]34)ccc2c1. The van der Waals surface area contributed by atoms with E-state index >= 15 is 0 Å². The van der Waals surface area contributed by atoms with E-state index in [1.165, 1.54) is 22.8 Å². The number of hydrogen-bond donors (Lipinski definition) is 1. The van der Waals surface area contributed by atoms with Gasteiger partial charge in [-0.1, -0.05) is 12.1 Å². The summed E-state index contributed by atoms with van der Waals surface area (Å²) in [5, 5.41) is 2.07. The first kappa shape index (κ1) is 20.6. The quantitative estimate of drug-likeness (QED) is 0.497. The van der Waals surface area contributed by atoms with Crippen LogP contribution in [0.2, 0.25) is 0 Å². The zero-order chi connectivity index (χ0) is 22.7. The third-order valence-electron chi connectivity index (χ3n) is 7.14. The lowest BCUT2D eigenvalue weighted by atomic mass is 9.95. The van der Waals surface area contributed by atoms with Gasteiger partial charge in [0.15, 0.2) is 5.79 Å². The van der Waals surface area contributed by atoms with Crippen LogP contribution in [-0.2, 0) is 15.9 Å². The number of nitrogens with zero attached hydrogens (tertiary/aromatic N) is 4. The van der Waals surface area contributed by atoms with Gasteiger partial charge in [0, 0.05) is 17.8 Å². The molecule has 1 aliphatic heterocycles. The molecule has 1 aromatic carbocycles. The Morgan fingerprint density at radius 1 is 1.09 bits per heavy atom. The topological polar surface area (TPSA) is 88.1 Å². The zero-order valence-corrected chi connectivity index (χ0v) is 19.2. The van der Waals surface area contributed by atoms with Gasteiger partial charge in [0.2, 0.25) is 0 Å². The molecule has 3 aromatic heterocycles. The molecule has 0 unspecified atom stereocenters. The van der Waals surface area contributed by atoms with Gasteiger partial charge >= 0.3 is 0 Å². The van der Waals surface area contributed by atoms with Crippen LogP contribution in [-0.4, -0.2) is 37.5 Å². The minimum atomic E-state index is -0.589. The average Bonchev–Trinajstić information content (AvgIpc) is 3.44. The van der Waals surface area contributed by atoms with Crippen LogP contribution in [0.1, 0.15) is 43.9 Å². The van der Waals surface area contributed by atoms with Gasteiger partial charge in [-0.3, -0.25) is 4.98 Å². The summed E-state index contributed by atoms with van der Waals surface area (Å²) in [4.78, 5) is 13.3. The molecular formula is C26H29N5O2. The molecule has 0 radical (unpaired) electrons. The van der Waals surface area contributed by atoms with Crippen molar-refractivity contribution in [3.8, 4) is 0 Å². The van der Waals surface area contributed by atoms with Crippen LogP contribution >= 0.6 is 0 Å². The fourth-order valence-electron chi connectivity index (χ4n) is 5.65. The molecule has 2 aliphatic rings. The number of anilines is 1. The van der Waals surface area contributed by atoms with Crippen molar-refractivity contribution in [3.05, 3.63) is 60.2 Å². The molecule has 7 heteroatoms. The number of ether oxygens (including phenoxy) is 2. The number of nitrogens with two attached hydrogens (primary N) is 1. The van der Waals surface area contributed by atoms with Gasteiger partial charge in [-0.2, -0.15) is 0 Å². The van der Waals surface area contributed by atoms with Gasteiger partial charge < -0.3 is 19.8 Å². The maximum atomic E-state index is 6.42. The van der Waals surface area contributed by atoms with Crippen molar-refractivity contribution in [2.75, 3.05) is 5.73 Å². The highest BCUT2D eigenvalue weighted by molar-refractivity contribution is 5.86. The van der Waals surface area contributed by atoms with Gasteiger partial charge in [0.1, 0.15) is 23.9 Å². The standard InChI is InChI=1S/C26H29N5O2/c1-15-10-17-6-4-16(11-20(17)28-13-15)5-7-18-12-21(23-22(18)32-26(2,3)33-23)31-9-8-19-24(27)29-14-30-25(19)31/h4,6,8-11,13-14,18,21-23H,5,7,12H2,1-3H3,(H2,27,29,30)/t18-,21+,22+,23-/m0/s1. The second-order valence-electron chi connectivity index (χ2n) is 9.93.